The van der Waals surface area contributed by atoms with E-state index in [-0.39, 0.29) is 59.8 Å². The lowest BCUT2D eigenvalue weighted by Gasteiger charge is -2.10. The number of rotatable bonds is 2. The van der Waals surface area contributed by atoms with Gasteiger partial charge in [-0.3, -0.25) is 28.3 Å². The molecule has 0 aliphatic carbocycles. The second kappa shape index (κ2) is 8.27. The van der Waals surface area contributed by atoms with Gasteiger partial charge >= 0.3 is 0 Å². The van der Waals surface area contributed by atoms with Crippen molar-refractivity contribution < 1.29 is 25.9 Å². The lowest BCUT2D eigenvalue weighted by Crippen LogP contribution is -2.19. The largest absolute Gasteiger partial charge is 0.296 e. The van der Waals surface area contributed by atoms with E-state index in [1.807, 2.05) is 0 Å². The van der Waals surface area contributed by atoms with Gasteiger partial charge in [-0.1, -0.05) is 24.3 Å². The van der Waals surface area contributed by atoms with Crippen molar-refractivity contribution in [3.63, 3.8) is 0 Å². The van der Waals surface area contributed by atoms with Crippen molar-refractivity contribution in [2.24, 2.45) is 0 Å². The van der Waals surface area contributed by atoms with E-state index < -0.39 is 57.1 Å². The summed E-state index contributed by atoms with van der Waals surface area (Å²) < 4.78 is 67.4. The minimum absolute atomic E-state index is 0.0339. The second-order valence-corrected chi connectivity index (χ2v) is 12.3. The summed E-state index contributed by atoms with van der Waals surface area (Å²) in [6.45, 7) is 0. The minimum Gasteiger partial charge on any atom is -0.289 e. The van der Waals surface area contributed by atoms with Gasteiger partial charge in [0.1, 0.15) is 20.8 Å². The van der Waals surface area contributed by atoms with Crippen LogP contribution in [0.25, 0.3) is 65.2 Å². The molecule has 6 aromatic carbocycles. The minimum atomic E-state index is -5.43. The number of hydrogen-bond donors (Lipinski definition) is 2. The van der Waals surface area contributed by atoms with Crippen LogP contribution in [0.3, 0.4) is 0 Å². The van der Waals surface area contributed by atoms with Gasteiger partial charge in [-0.15, -0.1) is 0 Å². The maximum absolute atomic E-state index is 13.7. The lowest BCUT2D eigenvalue weighted by atomic mass is 9.99. The van der Waals surface area contributed by atoms with Crippen LogP contribution < -0.4 is 21.7 Å². The van der Waals surface area contributed by atoms with E-state index in [1.165, 1.54) is 24.3 Å². The molecule has 1 heterocycles. The van der Waals surface area contributed by atoms with Gasteiger partial charge in [0.05, 0.1) is 27.2 Å². The zero-order chi connectivity index (χ0) is 29.9. The Morgan fingerprint density at radius 1 is 0.476 bits per heavy atom. The molecule has 0 atom stereocenters. The molecule has 0 amide bonds. The van der Waals surface area contributed by atoms with Crippen LogP contribution in [0.5, 0.6) is 0 Å². The van der Waals surface area contributed by atoms with E-state index in [4.69, 9.17) is 0 Å². The van der Waals surface area contributed by atoms with Gasteiger partial charge in [0.25, 0.3) is 20.2 Å². The van der Waals surface area contributed by atoms with Crippen LogP contribution in [0.4, 0.5) is 0 Å². The van der Waals surface area contributed by atoms with E-state index in [9.17, 15) is 45.1 Å². The molecule has 0 radical (unpaired) electrons. The number of hydrogen-bond acceptors (Lipinski definition) is 10. The monoisotopic (exact) mass is 600 g/mol. The Hall–Kier alpha value is -5.02. The zero-order valence-corrected chi connectivity index (χ0v) is 22.3. The second-order valence-electron chi connectivity index (χ2n) is 9.56. The molecule has 14 heteroatoms. The topological polar surface area (TPSA) is 203 Å². The molecule has 206 valence electrons. The smallest absolute Gasteiger partial charge is 0.289 e. The van der Waals surface area contributed by atoms with Crippen LogP contribution in [-0.2, 0) is 20.2 Å². The van der Waals surface area contributed by atoms with Gasteiger partial charge in [-0.2, -0.15) is 16.8 Å². The van der Waals surface area contributed by atoms with Gasteiger partial charge in [0.2, 0.25) is 0 Å². The van der Waals surface area contributed by atoms with Crippen LogP contribution in [0.1, 0.15) is 0 Å². The van der Waals surface area contributed by atoms with Gasteiger partial charge in [0, 0.05) is 26.9 Å². The number of aromatic nitrogens is 2. The summed E-state index contributed by atoms with van der Waals surface area (Å²) in [4.78, 5) is 60.2. The maximum atomic E-state index is 13.7. The normalized spacial score (nSPS) is 12.8. The number of benzene rings is 6. The molecule has 0 saturated carbocycles. The highest BCUT2D eigenvalue weighted by Gasteiger charge is 2.30. The average Bonchev–Trinajstić information content (AvgIpc) is 2.95. The molecule has 7 rings (SSSR count). The standard InChI is InChI=1S/C28H12N2O10S2/c31-24-11-3-1-2-4-12(11)25(32)19-13(24)5-8-16-22(19)29-17-9-6-14-20(23(17)30-16)26(33)15-7-10-18(41(35,36)37)28(42(38,39)40)21(15)27(14)34/h1-10H,(H,35,36,37)(H,38,39,40). The van der Waals surface area contributed by atoms with Gasteiger partial charge < -0.3 is 0 Å². The summed E-state index contributed by atoms with van der Waals surface area (Å²) in [5.74, 6) is 0. The molecule has 1 aromatic heterocycles. The maximum Gasteiger partial charge on any atom is 0.296 e. The zero-order valence-electron chi connectivity index (χ0n) is 20.6. The molecule has 0 spiro atoms. The van der Waals surface area contributed by atoms with Crippen molar-refractivity contribution in [3.8, 4) is 0 Å². The highest BCUT2D eigenvalue weighted by molar-refractivity contribution is 7.89. The molecule has 0 fully saturated rings. The Kier molecular flexibility index (Phi) is 5.10. The van der Waals surface area contributed by atoms with Crippen molar-refractivity contribution in [1.29, 1.82) is 0 Å². The summed E-state index contributed by atoms with van der Waals surface area (Å²) in [6, 6.07) is 13.1. The first-order chi connectivity index (χ1) is 19.8. The van der Waals surface area contributed by atoms with Crippen molar-refractivity contribution in [2.45, 2.75) is 9.79 Å². The predicted molar refractivity (Wildman–Crippen MR) is 154 cm³/mol. The summed E-state index contributed by atoms with van der Waals surface area (Å²) in [6.07, 6.45) is 0. The molecule has 7 aromatic rings. The quantitative estimate of drug-likeness (QED) is 0.167. The van der Waals surface area contributed by atoms with Crippen LogP contribution in [0.15, 0.2) is 89.6 Å². The van der Waals surface area contributed by atoms with Crippen molar-refractivity contribution >= 4 is 85.4 Å². The van der Waals surface area contributed by atoms with Crippen molar-refractivity contribution in [1.82, 2.24) is 9.97 Å². The van der Waals surface area contributed by atoms with E-state index in [1.54, 1.807) is 18.2 Å². The Morgan fingerprint density at radius 2 is 0.905 bits per heavy atom. The summed E-state index contributed by atoms with van der Waals surface area (Å²) in [5.41, 5.74) is -2.64. The van der Waals surface area contributed by atoms with Crippen LogP contribution >= 0.6 is 0 Å². The van der Waals surface area contributed by atoms with E-state index in [2.05, 4.69) is 9.97 Å². The molecule has 2 N–H and O–H groups in total. The molecule has 0 saturated heterocycles. The predicted octanol–water partition coefficient (Wildman–Crippen LogP) is 2.21. The third-order valence-electron chi connectivity index (χ3n) is 7.27. The highest BCUT2D eigenvalue weighted by atomic mass is 32.2. The van der Waals surface area contributed by atoms with Crippen LogP contribution in [0.2, 0.25) is 0 Å². The van der Waals surface area contributed by atoms with E-state index >= 15 is 0 Å². The molecular weight excluding hydrogens is 588 g/mol. The third-order valence-corrected chi connectivity index (χ3v) is 9.23. The average molecular weight is 601 g/mol. The Bertz CT molecular complexity index is 2880. The first-order valence-electron chi connectivity index (χ1n) is 12.0. The lowest BCUT2D eigenvalue weighted by molar-refractivity contribution is 0.467. The first-order valence-corrected chi connectivity index (χ1v) is 14.8. The molecule has 12 nitrogen and oxygen atoms in total. The number of nitrogens with zero attached hydrogens (tertiary/aromatic N) is 2. The Balaban J connectivity index is 1.68. The molecule has 0 aliphatic heterocycles. The number of fused-ring (bicyclic) bond motifs is 8. The van der Waals surface area contributed by atoms with E-state index in [0.29, 0.717) is 6.07 Å². The molecule has 42 heavy (non-hydrogen) atoms. The first kappa shape index (κ1) is 25.9. The fraction of sp³-hybridized carbons (Fsp3) is 0. The van der Waals surface area contributed by atoms with Crippen LogP contribution in [-0.4, -0.2) is 35.9 Å². The summed E-state index contributed by atoms with van der Waals surface area (Å²) in [7, 11) is -10.7. The Morgan fingerprint density at radius 3 is 1.43 bits per heavy atom. The van der Waals surface area contributed by atoms with Gasteiger partial charge in [-0.25, -0.2) is 9.97 Å². The fourth-order valence-corrected chi connectivity index (χ4v) is 7.50. The molecular formula is C28H12N2O10S2. The molecule has 0 bridgehead atoms. The summed E-state index contributed by atoms with van der Waals surface area (Å²) >= 11 is 0. The van der Waals surface area contributed by atoms with Gasteiger partial charge in [0.15, 0.2) is 21.7 Å². The third kappa shape index (κ3) is 3.40. The molecule has 0 unspecified atom stereocenters. The Labute approximate surface area is 232 Å². The molecule has 0 aliphatic rings. The van der Waals surface area contributed by atoms with E-state index in [0.717, 1.165) is 12.1 Å². The van der Waals surface area contributed by atoms with Gasteiger partial charge in [-0.05, 0) is 36.4 Å². The SMILES string of the molecule is O=c1c2ccccc2c(=O)c2c1ccc1nc3c(ccc4c(=O)c5c(S(=O)(=O)O)c(S(=O)(=O)O)ccc5c(=O)c43)nc12. The summed E-state index contributed by atoms with van der Waals surface area (Å²) in [5, 5.41) is -1.49. The highest BCUT2D eigenvalue weighted by Crippen LogP contribution is 2.30. The fourth-order valence-electron chi connectivity index (χ4n) is 5.51. The van der Waals surface area contributed by atoms with Crippen LogP contribution in [0, 0.1) is 0 Å². The van der Waals surface area contributed by atoms with Crippen molar-refractivity contribution in [3.05, 3.63) is 102 Å². The van der Waals surface area contributed by atoms with Crippen molar-refractivity contribution in [2.75, 3.05) is 0 Å².